The molecule has 1 N–H and O–H groups in total. The molecule has 0 aromatic carbocycles. The molecule has 1 heterocycles. The zero-order valence-corrected chi connectivity index (χ0v) is 10.4. The van der Waals surface area contributed by atoms with E-state index in [9.17, 15) is 4.79 Å². The maximum atomic E-state index is 12.1. The van der Waals surface area contributed by atoms with Gasteiger partial charge in [-0.1, -0.05) is 6.92 Å². The van der Waals surface area contributed by atoms with Crippen LogP contribution in [0.25, 0.3) is 0 Å². The molecular formula is C12H21N3O. The molecule has 16 heavy (non-hydrogen) atoms. The number of hydrogen-bond acceptors (Lipinski definition) is 3. The van der Waals surface area contributed by atoms with Gasteiger partial charge >= 0.3 is 0 Å². The summed E-state index contributed by atoms with van der Waals surface area (Å²) in [6.07, 6.45) is 2.24. The second kappa shape index (κ2) is 5.86. The summed E-state index contributed by atoms with van der Waals surface area (Å²) in [7, 11) is 1.78. The van der Waals surface area contributed by atoms with Crippen molar-refractivity contribution in [3.8, 4) is 6.07 Å². The molecule has 1 aliphatic rings. The quantitative estimate of drug-likeness (QED) is 0.776. The molecule has 0 aliphatic carbocycles. The third-order valence-electron chi connectivity index (χ3n) is 3.18. The monoisotopic (exact) mass is 223 g/mol. The summed E-state index contributed by atoms with van der Waals surface area (Å²) >= 11 is 0. The average Bonchev–Trinajstić information content (AvgIpc) is 2.28. The minimum Gasteiger partial charge on any atom is -0.343 e. The fourth-order valence-corrected chi connectivity index (χ4v) is 2.16. The molecule has 0 saturated carbocycles. The Bertz CT molecular complexity index is 284. The van der Waals surface area contributed by atoms with Crippen LogP contribution in [0.1, 0.15) is 26.7 Å². The topological polar surface area (TPSA) is 56.1 Å². The van der Waals surface area contributed by atoms with Crippen molar-refractivity contribution < 1.29 is 4.79 Å². The third-order valence-corrected chi connectivity index (χ3v) is 3.18. The lowest BCUT2D eigenvalue weighted by Crippen LogP contribution is -2.51. The predicted octanol–water partition coefficient (Wildman–Crippen LogP) is 0.993. The van der Waals surface area contributed by atoms with Gasteiger partial charge in [-0.15, -0.1) is 0 Å². The van der Waals surface area contributed by atoms with Gasteiger partial charge < -0.3 is 10.2 Å². The zero-order valence-electron chi connectivity index (χ0n) is 10.4. The van der Waals surface area contributed by atoms with Crippen molar-refractivity contribution in [2.45, 2.75) is 32.7 Å². The normalized spacial score (nSPS) is 26.9. The summed E-state index contributed by atoms with van der Waals surface area (Å²) in [6, 6.07) is 2.09. The second-order valence-corrected chi connectivity index (χ2v) is 4.80. The van der Waals surface area contributed by atoms with Crippen molar-refractivity contribution in [1.29, 1.82) is 5.26 Å². The summed E-state index contributed by atoms with van der Waals surface area (Å²) < 4.78 is 0. The van der Waals surface area contributed by atoms with Crippen LogP contribution in [0.15, 0.2) is 0 Å². The van der Waals surface area contributed by atoms with E-state index >= 15 is 0 Å². The highest BCUT2D eigenvalue weighted by molar-refractivity contribution is 5.82. The molecule has 1 rings (SSSR count). The van der Waals surface area contributed by atoms with Crippen LogP contribution in [0.4, 0.5) is 0 Å². The van der Waals surface area contributed by atoms with Crippen molar-refractivity contribution in [1.82, 2.24) is 10.2 Å². The number of likely N-dealkylation sites (N-methyl/N-ethyl adjacent to an activating group) is 1. The van der Waals surface area contributed by atoms with Gasteiger partial charge in [-0.05, 0) is 32.2 Å². The maximum absolute atomic E-state index is 12.1. The van der Waals surface area contributed by atoms with Gasteiger partial charge in [0.1, 0.15) is 0 Å². The first-order chi connectivity index (χ1) is 7.56. The molecule has 0 aromatic heterocycles. The van der Waals surface area contributed by atoms with E-state index in [1.165, 1.54) is 0 Å². The van der Waals surface area contributed by atoms with E-state index in [0.29, 0.717) is 12.5 Å². The van der Waals surface area contributed by atoms with Crippen LogP contribution in [0.5, 0.6) is 0 Å². The minimum absolute atomic E-state index is 0.0651. The molecular weight excluding hydrogens is 202 g/mol. The van der Waals surface area contributed by atoms with E-state index < -0.39 is 0 Å². The number of nitriles is 1. The van der Waals surface area contributed by atoms with E-state index in [1.807, 2.05) is 6.92 Å². The Kier molecular flexibility index (Phi) is 4.75. The van der Waals surface area contributed by atoms with Gasteiger partial charge in [0.2, 0.25) is 5.91 Å². The van der Waals surface area contributed by atoms with E-state index in [4.69, 9.17) is 5.26 Å². The first kappa shape index (κ1) is 13.0. The largest absolute Gasteiger partial charge is 0.343 e. The first-order valence-electron chi connectivity index (χ1n) is 5.94. The molecule has 4 heteroatoms. The molecule has 3 unspecified atom stereocenters. The van der Waals surface area contributed by atoms with Crippen molar-refractivity contribution in [3.63, 3.8) is 0 Å². The highest BCUT2D eigenvalue weighted by atomic mass is 16.2. The fourth-order valence-electron chi connectivity index (χ4n) is 2.16. The number of nitrogens with zero attached hydrogens (tertiary/aromatic N) is 2. The lowest BCUT2D eigenvalue weighted by molar-refractivity contribution is -0.134. The highest BCUT2D eigenvalue weighted by Crippen LogP contribution is 2.17. The number of carbonyl (C=O) groups excluding carboxylic acids is 1. The van der Waals surface area contributed by atoms with E-state index in [0.717, 1.165) is 19.4 Å². The third kappa shape index (κ3) is 3.21. The lowest BCUT2D eigenvalue weighted by Gasteiger charge is -2.32. The van der Waals surface area contributed by atoms with E-state index in [2.05, 4.69) is 18.3 Å². The number of carbonyl (C=O) groups is 1. The highest BCUT2D eigenvalue weighted by Gasteiger charge is 2.29. The van der Waals surface area contributed by atoms with E-state index in [-0.39, 0.29) is 17.9 Å². The van der Waals surface area contributed by atoms with Crippen molar-refractivity contribution in [2.24, 2.45) is 11.8 Å². The number of amides is 1. The van der Waals surface area contributed by atoms with Crippen LogP contribution in [0, 0.1) is 23.2 Å². The van der Waals surface area contributed by atoms with E-state index in [1.54, 1.807) is 11.9 Å². The molecule has 3 atom stereocenters. The lowest BCUT2D eigenvalue weighted by atomic mass is 9.92. The number of piperidine rings is 1. The van der Waals surface area contributed by atoms with Gasteiger partial charge in [0.05, 0.1) is 18.0 Å². The molecule has 0 bridgehead atoms. The van der Waals surface area contributed by atoms with Gasteiger partial charge in [-0.3, -0.25) is 4.79 Å². The van der Waals surface area contributed by atoms with Crippen LogP contribution in [-0.4, -0.2) is 37.0 Å². The number of nitrogens with one attached hydrogen (secondary N) is 1. The Morgan fingerprint density at radius 2 is 2.38 bits per heavy atom. The predicted molar refractivity (Wildman–Crippen MR) is 62.6 cm³/mol. The van der Waals surface area contributed by atoms with Crippen molar-refractivity contribution in [2.75, 3.05) is 20.1 Å². The Labute approximate surface area is 97.6 Å². The van der Waals surface area contributed by atoms with Gasteiger partial charge in [0.15, 0.2) is 0 Å². The molecule has 90 valence electrons. The van der Waals surface area contributed by atoms with Crippen LogP contribution >= 0.6 is 0 Å². The summed E-state index contributed by atoms with van der Waals surface area (Å²) in [4.78, 5) is 13.8. The fraction of sp³-hybridized carbons (Fsp3) is 0.833. The van der Waals surface area contributed by atoms with Gasteiger partial charge in [-0.2, -0.15) is 5.26 Å². The van der Waals surface area contributed by atoms with Crippen LogP contribution in [0.3, 0.4) is 0 Å². The summed E-state index contributed by atoms with van der Waals surface area (Å²) in [6.45, 7) is 5.38. The first-order valence-corrected chi connectivity index (χ1v) is 5.94. The van der Waals surface area contributed by atoms with Crippen molar-refractivity contribution >= 4 is 5.91 Å². The average molecular weight is 223 g/mol. The second-order valence-electron chi connectivity index (χ2n) is 4.80. The van der Waals surface area contributed by atoms with Gasteiger partial charge in [0, 0.05) is 13.6 Å². The van der Waals surface area contributed by atoms with Gasteiger partial charge in [0.25, 0.3) is 0 Å². The molecule has 1 fully saturated rings. The Balaban J connectivity index is 2.52. The SMILES string of the molecule is CC(C#N)CN(C)C(=O)C1NCCCC1C. The molecule has 4 nitrogen and oxygen atoms in total. The summed E-state index contributed by atoms with van der Waals surface area (Å²) in [5, 5.41) is 12.0. The maximum Gasteiger partial charge on any atom is 0.239 e. The number of hydrogen-bond donors (Lipinski definition) is 1. The Morgan fingerprint density at radius 3 is 2.94 bits per heavy atom. The van der Waals surface area contributed by atoms with Crippen molar-refractivity contribution in [3.05, 3.63) is 0 Å². The molecule has 1 saturated heterocycles. The zero-order chi connectivity index (χ0) is 12.1. The number of rotatable bonds is 3. The molecule has 0 radical (unpaired) electrons. The standard InChI is InChI=1S/C12H21N3O/c1-9(7-13)8-15(3)12(16)11-10(2)5-4-6-14-11/h9-11,14H,4-6,8H2,1-3H3. The molecule has 1 aliphatic heterocycles. The minimum atomic E-state index is -0.104. The van der Waals surface area contributed by atoms with Crippen LogP contribution < -0.4 is 5.32 Å². The molecule has 0 spiro atoms. The summed E-state index contributed by atoms with van der Waals surface area (Å²) in [5.74, 6) is 0.406. The Hall–Kier alpha value is -1.08. The summed E-state index contributed by atoms with van der Waals surface area (Å²) in [5.41, 5.74) is 0. The molecule has 0 aromatic rings. The Morgan fingerprint density at radius 1 is 1.69 bits per heavy atom. The smallest absolute Gasteiger partial charge is 0.239 e. The van der Waals surface area contributed by atoms with Crippen LogP contribution in [0.2, 0.25) is 0 Å². The molecule has 1 amide bonds. The van der Waals surface area contributed by atoms with Crippen LogP contribution in [-0.2, 0) is 4.79 Å². The van der Waals surface area contributed by atoms with Gasteiger partial charge in [-0.25, -0.2) is 0 Å².